The molecule has 0 rings (SSSR count). The first-order valence-electron chi connectivity index (χ1n) is 12.6. The van der Waals surface area contributed by atoms with Gasteiger partial charge in [-0.3, -0.25) is 37.0 Å². The van der Waals surface area contributed by atoms with Crippen LogP contribution in [0.2, 0.25) is 0 Å². The summed E-state index contributed by atoms with van der Waals surface area (Å²) in [5.74, 6) is 0. The van der Waals surface area contributed by atoms with Gasteiger partial charge in [0.1, 0.15) is 0 Å². The summed E-state index contributed by atoms with van der Waals surface area (Å²) < 4.78 is 12.1. The molecular weight excluding hydrogens is 728 g/mol. The average Bonchev–Trinajstić information content (AvgIpc) is 2.88. The largest absolute Gasteiger partial charge is 0.329 e. The summed E-state index contributed by atoms with van der Waals surface area (Å²) in [6.07, 6.45) is 0. The summed E-state index contributed by atoms with van der Waals surface area (Å²) in [5.41, 5.74) is 22.2. The predicted molar refractivity (Wildman–Crippen MR) is 170 cm³/mol. The molecule has 0 aromatic heterocycles. The van der Waals surface area contributed by atoms with Gasteiger partial charge < -0.3 is 22.9 Å². The van der Waals surface area contributed by atoms with Crippen LogP contribution in [0.3, 0.4) is 0 Å². The van der Waals surface area contributed by atoms with E-state index in [9.17, 15) is 0 Å². The SMILES string of the molecule is BrNCCN(CCNBr)CCN(CCNBr)CCNBr.NCCN(CCN)CCN(CCN)CCN. The molecule has 0 atom stereocenters. The second kappa shape index (κ2) is 32.7. The normalized spacial score (nSPS) is 11.7. The summed E-state index contributed by atoms with van der Waals surface area (Å²) in [6.45, 7) is 18.3. The summed E-state index contributed by atoms with van der Waals surface area (Å²) in [6, 6.07) is 0. The third-order valence-electron chi connectivity index (χ3n) is 5.34. The fraction of sp³-hybridized carbons (Fsp3) is 1.00. The minimum absolute atomic E-state index is 0.674. The molecule has 0 amide bonds. The summed E-state index contributed by atoms with van der Waals surface area (Å²) in [7, 11) is 0. The quantitative estimate of drug-likeness (QED) is 0.0487. The summed E-state index contributed by atoms with van der Waals surface area (Å²) in [4.78, 5) is 9.44. The average molecular weight is 780 g/mol. The van der Waals surface area contributed by atoms with Crippen molar-refractivity contribution in [1.82, 2.24) is 37.0 Å². The maximum atomic E-state index is 5.55. The van der Waals surface area contributed by atoms with Crippen LogP contribution in [0.25, 0.3) is 0 Å². The van der Waals surface area contributed by atoms with E-state index in [0.717, 1.165) is 105 Å². The van der Waals surface area contributed by atoms with Crippen molar-refractivity contribution in [2.24, 2.45) is 22.9 Å². The molecule has 0 saturated heterocycles. The molecule has 220 valence electrons. The van der Waals surface area contributed by atoms with Crippen molar-refractivity contribution in [3.8, 4) is 0 Å². The van der Waals surface area contributed by atoms with Gasteiger partial charge >= 0.3 is 0 Å². The van der Waals surface area contributed by atoms with Crippen molar-refractivity contribution in [3.05, 3.63) is 0 Å². The highest BCUT2D eigenvalue weighted by molar-refractivity contribution is 9.08. The van der Waals surface area contributed by atoms with Crippen LogP contribution in [0.1, 0.15) is 0 Å². The van der Waals surface area contributed by atoms with Gasteiger partial charge in [-0.25, -0.2) is 0 Å². The first kappa shape index (κ1) is 39.6. The van der Waals surface area contributed by atoms with Gasteiger partial charge in [0.15, 0.2) is 0 Å². The molecule has 16 heteroatoms. The summed E-state index contributed by atoms with van der Waals surface area (Å²) in [5, 5.41) is 0. The fourth-order valence-electron chi connectivity index (χ4n) is 3.44. The molecule has 12 nitrogen and oxygen atoms in total. The Morgan fingerprint density at radius 2 is 0.528 bits per heavy atom. The Bertz CT molecular complexity index is 357. The molecule has 0 radical (unpaired) electrons. The molecule has 0 aromatic carbocycles. The van der Waals surface area contributed by atoms with Crippen molar-refractivity contribution in [2.75, 3.05) is 131 Å². The van der Waals surface area contributed by atoms with E-state index in [2.05, 4.69) is 102 Å². The van der Waals surface area contributed by atoms with E-state index >= 15 is 0 Å². The number of nitrogens with one attached hydrogen (secondary N) is 4. The van der Waals surface area contributed by atoms with Gasteiger partial charge in [-0.1, -0.05) is 0 Å². The number of halogens is 4. The lowest BCUT2D eigenvalue weighted by molar-refractivity contribution is 0.212. The highest BCUT2D eigenvalue weighted by atomic mass is 79.9. The van der Waals surface area contributed by atoms with Crippen LogP contribution in [0.15, 0.2) is 0 Å². The summed E-state index contributed by atoms with van der Waals surface area (Å²) >= 11 is 13.0. The minimum atomic E-state index is 0.674. The third-order valence-corrected chi connectivity index (χ3v) is 6.92. The minimum Gasteiger partial charge on any atom is -0.329 e. The van der Waals surface area contributed by atoms with E-state index in [1.54, 1.807) is 0 Å². The Morgan fingerprint density at radius 3 is 0.694 bits per heavy atom. The van der Waals surface area contributed by atoms with Gasteiger partial charge in [-0.15, -0.1) is 0 Å². The zero-order chi connectivity index (χ0) is 27.3. The molecular formula is C20H52Br4N12. The first-order chi connectivity index (χ1) is 17.6. The van der Waals surface area contributed by atoms with Crippen molar-refractivity contribution in [3.63, 3.8) is 0 Å². The lowest BCUT2D eigenvalue weighted by Crippen LogP contribution is -2.42. The molecule has 12 N–H and O–H groups in total. The molecule has 0 bridgehead atoms. The van der Waals surface area contributed by atoms with Crippen LogP contribution < -0.4 is 40.3 Å². The van der Waals surface area contributed by atoms with Gasteiger partial charge in [0, 0.05) is 195 Å². The second-order valence-electron chi connectivity index (χ2n) is 8.06. The number of hydrogen-bond donors (Lipinski definition) is 8. The second-order valence-corrected chi connectivity index (χ2v) is 10.3. The van der Waals surface area contributed by atoms with Gasteiger partial charge in [-0.2, -0.15) is 0 Å². The van der Waals surface area contributed by atoms with Gasteiger partial charge in [0.2, 0.25) is 0 Å². The van der Waals surface area contributed by atoms with E-state index in [0.29, 0.717) is 26.2 Å². The third kappa shape index (κ3) is 27.0. The Labute approximate surface area is 254 Å². The molecule has 0 unspecified atom stereocenters. The lowest BCUT2D eigenvalue weighted by atomic mass is 10.4. The van der Waals surface area contributed by atoms with Crippen molar-refractivity contribution < 1.29 is 0 Å². The van der Waals surface area contributed by atoms with Gasteiger partial charge in [-0.05, 0) is 0 Å². The van der Waals surface area contributed by atoms with E-state index in [-0.39, 0.29) is 0 Å². The molecule has 0 fully saturated rings. The van der Waals surface area contributed by atoms with E-state index in [4.69, 9.17) is 22.9 Å². The Hall–Kier alpha value is 1.44. The maximum Gasteiger partial charge on any atom is 0.0189 e. The molecule has 0 spiro atoms. The number of hydrogen-bond acceptors (Lipinski definition) is 12. The van der Waals surface area contributed by atoms with Crippen molar-refractivity contribution in [2.45, 2.75) is 0 Å². The molecule has 0 aliphatic rings. The van der Waals surface area contributed by atoms with Crippen LogP contribution >= 0.6 is 64.6 Å². The van der Waals surface area contributed by atoms with Crippen LogP contribution in [0.4, 0.5) is 0 Å². The number of nitrogens with zero attached hydrogens (tertiary/aromatic N) is 4. The van der Waals surface area contributed by atoms with Crippen LogP contribution in [-0.4, -0.2) is 150 Å². The monoisotopic (exact) mass is 776 g/mol. The van der Waals surface area contributed by atoms with Crippen LogP contribution in [0.5, 0.6) is 0 Å². The van der Waals surface area contributed by atoms with E-state index in [1.165, 1.54) is 0 Å². The molecule has 36 heavy (non-hydrogen) atoms. The standard InChI is InChI=1S/C10H24Br4N6.C10H28N6/c11-15-1-5-19(6-2-16-12)9-10-20(7-3-17-13)8-4-18-14;11-1-5-15(6-2-12)9-10-16(7-3-13)8-4-14/h15-18H,1-10H2;1-14H2. The first-order valence-corrected chi connectivity index (χ1v) is 15.8. The highest BCUT2D eigenvalue weighted by Crippen LogP contribution is 1.94. The molecule has 0 heterocycles. The highest BCUT2D eigenvalue weighted by Gasteiger charge is 2.09. The lowest BCUT2D eigenvalue weighted by Gasteiger charge is -2.27. The molecule has 0 saturated carbocycles. The Morgan fingerprint density at radius 1 is 0.333 bits per heavy atom. The smallest absolute Gasteiger partial charge is 0.0189 e. The van der Waals surface area contributed by atoms with Crippen LogP contribution in [-0.2, 0) is 0 Å². The van der Waals surface area contributed by atoms with Crippen molar-refractivity contribution in [1.29, 1.82) is 0 Å². The van der Waals surface area contributed by atoms with E-state index < -0.39 is 0 Å². The number of rotatable bonds is 26. The molecule has 0 aromatic rings. The Balaban J connectivity index is 0. The maximum absolute atomic E-state index is 5.55. The number of nitrogens with two attached hydrogens (primary N) is 4. The van der Waals surface area contributed by atoms with Crippen LogP contribution in [0, 0.1) is 0 Å². The Kier molecular flexibility index (Phi) is 35.9. The van der Waals surface area contributed by atoms with Gasteiger partial charge in [0.25, 0.3) is 0 Å². The molecule has 0 aliphatic carbocycles. The van der Waals surface area contributed by atoms with Crippen molar-refractivity contribution >= 4 is 64.6 Å². The molecule has 0 aliphatic heterocycles. The predicted octanol–water partition coefficient (Wildman–Crippen LogP) is -1.39. The zero-order valence-corrected chi connectivity index (χ0v) is 28.1. The van der Waals surface area contributed by atoms with Gasteiger partial charge in [0.05, 0.1) is 0 Å². The van der Waals surface area contributed by atoms with E-state index in [1.807, 2.05) is 0 Å². The topological polar surface area (TPSA) is 165 Å². The zero-order valence-electron chi connectivity index (χ0n) is 21.8. The fourth-order valence-corrected chi connectivity index (χ4v) is 4.15.